The van der Waals surface area contributed by atoms with Crippen molar-refractivity contribution in [3.8, 4) is 0 Å². The van der Waals surface area contributed by atoms with E-state index in [4.69, 9.17) is 0 Å². The zero-order valence-corrected chi connectivity index (χ0v) is 14.6. The van der Waals surface area contributed by atoms with Crippen LogP contribution in [0.25, 0.3) is 0 Å². The minimum Gasteiger partial charge on any atom is -0.392 e. The van der Waals surface area contributed by atoms with Crippen molar-refractivity contribution < 1.29 is 14.7 Å². The fourth-order valence-corrected chi connectivity index (χ4v) is 3.14. The summed E-state index contributed by atoms with van der Waals surface area (Å²) >= 11 is 0. The highest BCUT2D eigenvalue weighted by molar-refractivity contribution is 6.01. The summed E-state index contributed by atoms with van der Waals surface area (Å²) in [7, 11) is 0. The summed E-state index contributed by atoms with van der Waals surface area (Å²) < 4.78 is 0. The van der Waals surface area contributed by atoms with Gasteiger partial charge in [-0.2, -0.15) is 0 Å². The van der Waals surface area contributed by atoms with Gasteiger partial charge in [0.15, 0.2) is 5.96 Å². The third-order valence-corrected chi connectivity index (χ3v) is 4.79. The SMILES string of the molecule is CCNC(=NCC1(C)CCCCC1O)NCCN1C(=O)CNC1=O. The number of aliphatic imine (C=N–C) groups is 1. The number of carbonyl (C=O) groups is 2. The van der Waals surface area contributed by atoms with Crippen LogP contribution in [0.2, 0.25) is 0 Å². The van der Waals surface area contributed by atoms with Crippen molar-refractivity contribution in [2.75, 3.05) is 32.7 Å². The van der Waals surface area contributed by atoms with Gasteiger partial charge in [-0.1, -0.05) is 19.8 Å². The molecule has 0 aromatic carbocycles. The molecule has 0 aromatic rings. The van der Waals surface area contributed by atoms with Gasteiger partial charge in [-0.25, -0.2) is 4.79 Å². The van der Waals surface area contributed by atoms with Crippen LogP contribution < -0.4 is 16.0 Å². The standard InChI is InChI=1S/C16H29N5O3/c1-3-17-14(18-8-9-21-13(23)10-19-15(21)24)20-11-16(2)7-5-4-6-12(16)22/h12,22H,3-11H2,1-2H3,(H,19,24)(H2,17,18,20). The van der Waals surface area contributed by atoms with Crippen LogP contribution in [0.1, 0.15) is 39.5 Å². The van der Waals surface area contributed by atoms with Crippen LogP contribution in [0, 0.1) is 5.41 Å². The third kappa shape index (κ3) is 4.59. The Morgan fingerprint density at radius 1 is 1.42 bits per heavy atom. The van der Waals surface area contributed by atoms with Crippen LogP contribution in [0.3, 0.4) is 0 Å². The number of nitrogens with zero attached hydrogens (tertiary/aromatic N) is 2. The van der Waals surface area contributed by atoms with Gasteiger partial charge in [0.1, 0.15) is 0 Å². The Morgan fingerprint density at radius 2 is 2.21 bits per heavy atom. The summed E-state index contributed by atoms with van der Waals surface area (Å²) in [5, 5.41) is 19.0. The number of hydrogen-bond acceptors (Lipinski definition) is 4. The van der Waals surface area contributed by atoms with Crippen molar-refractivity contribution in [2.45, 2.75) is 45.6 Å². The Balaban J connectivity index is 1.86. The highest BCUT2D eigenvalue weighted by atomic mass is 16.3. The predicted molar refractivity (Wildman–Crippen MR) is 91.7 cm³/mol. The number of carbonyl (C=O) groups excluding carboxylic acids is 2. The largest absolute Gasteiger partial charge is 0.392 e. The molecule has 136 valence electrons. The summed E-state index contributed by atoms with van der Waals surface area (Å²) in [6.45, 7) is 6.13. The van der Waals surface area contributed by atoms with Gasteiger partial charge >= 0.3 is 6.03 Å². The molecule has 0 spiro atoms. The first-order valence-electron chi connectivity index (χ1n) is 8.75. The molecule has 2 rings (SSSR count). The van der Waals surface area contributed by atoms with Gasteiger partial charge in [-0.3, -0.25) is 14.7 Å². The number of aliphatic hydroxyl groups excluding tert-OH is 1. The van der Waals surface area contributed by atoms with Crippen molar-refractivity contribution in [3.63, 3.8) is 0 Å². The number of nitrogens with one attached hydrogen (secondary N) is 3. The summed E-state index contributed by atoms with van der Waals surface area (Å²) in [6, 6.07) is -0.346. The molecule has 2 unspecified atom stereocenters. The molecule has 2 aliphatic rings. The summed E-state index contributed by atoms with van der Waals surface area (Å²) in [6.07, 6.45) is 3.69. The number of hydrogen-bond donors (Lipinski definition) is 4. The second-order valence-electron chi connectivity index (χ2n) is 6.74. The highest BCUT2D eigenvalue weighted by Crippen LogP contribution is 2.36. The molecule has 3 amide bonds. The summed E-state index contributed by atoms with van der Waals surface area (Å²) in [5.41, 5.74) is -0.189. The molecule has 2 fully saturated rings. The normalized spacial score (nSPS) is 28.0. The highest BCUT2D eigenvalue weighted by Gasteiger charge is 2.35. The zero-order chi connectivity index (χ0) is 17.6. The van der Waals surface area contributed by atoms with E-state index >= 15 is 0 Å². The molecular formula is C16H29N5O3. The lowest BCUT2D eigenvalue weighted by Gasteiger charge is -2.37. The first-order valence-corrected chi connectivity index (χ1v) is 8.75. The second-order valence-corrected chi connectivity index (χ2v) is 6.74. The molecule has 8 nitrogen and oxygen atoms in total. The number of urea groups is 1. The molecule has 1 aliphatic carbocycles. The molecule has 0 aromatic heterocycles. The molecule has 1 saturated heterocycles. The van der Waals surface area contributed by atoms with E-state index in [0.717, 1.165) is 25.7 Å². The number of rotatable bonds is 6. The molecule has 0 bridgehead atoms. The van der Waals surface area contributed by atoms with E-state index in [1.54, 1.807) is 0 Å². The fraction of sp³-hybridized carbons (Fsp3) is 0.812. The lowest BCUT2D eigenvalue weighted by Crippen LogP contribution is -2.44. The topological polar surface area (TPSA) is 106 Å². The molecular weight excluding hydrogens is 310 g/mol. The average molecular weight is 339 g/mol. The Morgan fingerprint density at radius 3 is 2.83 bits per heavy atom. The number of aliphatic hydroxyl groups is 1. The maximum Gasteiger partial charge on any atom is 0.324 e. The van der Waals surface area contributed by atoms with E-state index in [1.807, 2.05) is 6.92 Å². The van der Waals surface area contributed by atoms with Crippen LogP contribution in [-0.4, -0.2) is 66.7 Å². The Bertz CT molecular complexity index is 480. The van der Waals surface area contributed by atoms with Gasteiger partial charge < -0.3 is 21.1 Å². The Labute approximate surface area is 143 Å². The van der Waals surface area contributed by atoms with Gasteiger partial charge in [0, 0.05) is 25.0 Å². The molecule has 4 N–H and O–H groups in total. The first-order chi connectivity index (χ1) is 11.5. The average Bonchev–Trinajstić information content (AvgIpc) is 2.87. The van der Waals surface area contributed by atoms with Crippen LogP contribution >= 0.6 is 0 Å². The summed E-state index contributed by atoms with van der Waals surface area (Å²) in [4.78, 5) is 28.8. The third-order valence-electron chi connectivity index (χ3n) is 4.79. The minimum absolute atomic E-state index is 0.0727. The molecule has 1 saturated carbocycles. The minimum atomic E-state index is -0.346. The van der Waals surface area contributed by atoms with E-state index in [-0.39, 0.29) is 30.0 Å². The molecule has 2 atom stereocenters. The van der Waals surface area contributed by atoms with Crippen molar-refractivity contribution in [3.05, 3.63) is 0 Å². The number of guanidine groups is 1. The van der Waals surface area contributed by atoms with Gasteiger partial charge in [-0.05, 0) is 19.8 Å². The van der Waals surface area contributed by atoms with Gasteiger partial charge in [-0.15, -0.1) is 0 Å². The monoisotopic (exact) mass is 339 g/mol. The van der Waals surface area contributed by atoms with Crippen molar-refractivity contribution in [1.82, 2.24) is 20.9 Å². The van der Waals surface area contributed by atoms with Crippen molar-refractivity contribution in [2.24, 2.45) is 10.4 Å². The molecule has 1 aliphatic heterocycles. The van der Waals surface area contributed by atoms with E-state index in [0.29, 0.717) is 32.1 Å². The van der Waals surface area contributed by atoms with Crippen LogP contribution in [0.5, 0.6) is 0 Å². The van der Waals surface area contributed by atoms with Crippen LogP contribution in [-0.2, 0) is 4.79 Å². The Kier molecular flexibility index (Phi) is 6.42. The molecule has 24 heavy (non-hydrogen) atoms. The quantitative estimate of drug-likeness (QED) is 0.310. The zero-order valence-electron chi connectivity index (χ0n) is 14.6. The van der Waals surface area contributed by atoms with Gasteiger partial charge in [0.25, 0.3) is 0 Å². The van der Waals surface area contributed by atoms with Gasteiger partial charge in [0.2, 0.25) is 5.91 Å². The first kappa shape index (κ1) is 18.5. The number of amides is 3. The lowest BCUT2D eigenvalue weighted by molar-refractivity contribution is -0.124. The smallest absolute Gasteiger partial charge is 0.324 e. The van der Waals surface area contributed by atoms with E-state index in [2.05, 4.69) is 27.9 Å². The van der Waals surface area contributed by atoms with E-state index in [9.17, 15) is 14.7 Å². The molecule has 8 heteroatoms. The Hall–Kier alpha value is -1.83. The van der Waals surface area contributed by atoms with Crippen LogP contribution in [0.15, 0.2) is 4.99 Å². The van der Waals surface area contributed by atoms with Crippen molar-refractivity contribution in [1.29, 1.82) is 0 Å². The van der Waals surface area contributed by atoms with Gasteiger partial charge in [0.05, 0.1) is 19.2 Å². The summed E-state index contributed by atoms with van der Waals surface area (Å²) in [5.74, 6) is 0.435. The van der Waals surface area contributed by atoms with Crippen LogP contribution in [0.4, 0.5) is 4.79 Å². The maximum absolute atomic E-state index is 11.5. The van der Waals surface area contributed by atoms with E-state index < -0.39 is 0 Å². The second kappa shape index (κ2) is 8.32. The number of imide groups is 1. The van der Waals surface area contributed by atoms with Crippen molar-refractivity contribution >= 4 is 17.9 Å². The fourth-order valence-electron chi connectivity index (χ4n) is 3.14. The lowest BCUT2D eigenvalue weighted by atomic mass is 9.73. The van der Waals surface area contributed by atoms with E-state index in [1.165, 1.54) is 4.90 Å². The predicted octanol–water partition coefficient (Wildman–Crippen LogP) is 0.0345. The maximum atomic E-state index is 11.5. The molecule has 1 heterocycles. The molecule has 0 radical (unpaired) electrons.